The summed E-state index contributed by atoms with van der Waals surface area (Å²) in [6, 6.07) is 13.2. The van der Waals surface area contributed by atoms with E-state index in [2.05, 4.69) is 106 Å². The predicted octanol–water partition coefficient (Wildman–Crippen LogP) is 1.15. The van der Waals surface area contributed by atoms with Crippen molar-refractivity contribution < 1.29 is 59.6 Å². The second kappa shape index (κ2) is 17.0. The van der Waals surface area contributed by atoms with Gasteiger partial charge in [0.05, 0.1) is 0 Å². The number of allylic oxidation sites excluding steroid dienone is 2. The molecule has 0 fully saturated rings. The van der Waals surface area contributed by atoms with Crippen LogP contribution in [-0.4, -0.2) is 0 Å². The van der Waals surface area contributed by atoms with E-state index >= 15 is 0 Å². The van der Waals surface area contributed by atoms with Gasteiger partial charge in [0.25, 0.3) is 0 Å². The first-order valence-electron chi connectivity index (χ1n) is 11.4. The van der Waals surface area contributed by atoms with Crippen LogP contribution in [0, 0.1) is 0 Å². The molecule has 0 saturated heterocycles. The second-order valence-corrected chi connectivity index (χ2v) is 9.58. The first kappa shape index (κ1) is 37.9. The Morgan fingerprint density at radius 2 is 0.706 bits per heavy atom. The Labute approximate surface area is 243 Å². The second-order valence-electron chi connectivity index (χ2n) is 9.58. The number of hydrogen-bond donors (Lipinski definition) is 0. The van der Waals surface area contributed by atoms with Crippen LogP contribution in [0.1, 0.15) is 115 Å². The average molecular weight is 604 g/mol. The predicted molar refractivity (Wildman–Crippen MR) is 134 cm³/mol. The van der Waals surface area contributed by atoms with E-state index in [-0.39, 0.29) is 59.6 Å². The molecule has 0 N–H and O–H groups in total. The zero-order valence-electron chi connectivity index (χ0n) is 22.2. The van der Waals surface area contributed by atoms with Crippen LogP contribution >= 0.6 is 0 Å². The molecule has 0 bridgehead atoms. The van der Waals surface area contributed by atoms with Gasteiger partial charge in [0, 0.05) is 0 Å². The van der Waals surface area contributed by atoms with Crippen LogP contribution in [0.25, 0.3) is 10.6 Å². The summed E-state index contributed by atoms with van der Waals surface area (Å²) in [5.41, 5.74) is 9.43. The maximum atomic E-state index is 5.13. The first-order valence-corrected chi connectivity index (χ1v) is 11.4. The number of nitrogens with zero attached hydrogens (tertiary/aromatic N) is 2. The molecule has 0 radical (unpaired) electrons. The van der Waals surface area contributed by atoms with Crippen molar-refractivity contribution in [1.82, 2.24) is 0 Å². The summed E-state index contributed by atoms with van der Waals surface area (Å²) in [5, 5.41) is 10.3. The molecule has 0 aliphatic carbocycles. The van der Waals surface area contributed by atoms with Gasteiger partial charge in [0.1, 0.15) is 0 Å². The van der Waals surface area contributed by atoms with Crippen LogP contribution in [0.5, 0.6) is 0 Å². The minimum absolute atomic E-state index is 0. The zero-order valence-corrected chi connectivity index (χ0v) is 26.7. The molecule has 2 rings (SSSR count). The fraction of sp³-hybridized carbons (Fsp3) is 0.500. The monoisotopic (exact) mass is 602 g/mol. The summed E-state index contributed by atoms with van der Waals surface area (Å²) in [6.07, 6.45) is 0. The first-order chi connectivity index (χ1) is 14.0. The van der Waals surface area contributed by atoms with Crippen molar-refractivity contribution in [3.63, 3.8) is 0 Å². The third-order valence-electron chi connectivity index (χ3n) is 5.77. The van der Waals surface area contributed by atoms with Crippen molar-refractivity contribution in [2.45, 2.75) is 92.9 Å². The van der Waals surface area contributed by atoms with Crippen molar-refractivity contribution in [3.8, 4) is 0 Å². The average Bonchev–Trinajstić information content (AvgIpc) is 2.67. The number of rotatable bonds is 8. The maximum absolute atomic E-state index is 5.13. The van der Waals surface area contributed by atoms with E-state index in [1.807, 2.05) is 0 Å². The van der Waals surface area contributed by atoms with Crippen LogP contribution in [-0.2, 0) is 22.4 Å². The zero-order chi connectivity index (χ0) is 22.6. The van der Waals surface area contributed by atoms with Crippen LogP contribution in [0.2, 0.25) is 0 Å². The van der Waals surface area contributed by atoms with Gasteiger partial charge in [-0.3, -0.25) is 0 Å². The van der Waals surface area contributed by atoms with E-state index in [1.165, 1.54) is 22.3 Å². The van der Waals surface area contributed by atoms with Crippen molar-refractivity contribution in [2.24, 2.45) is 0 Å². The molecule has 0 amide bonds. The third kappa shape index (κ3) is 9.45. The minimum Gasteiger partial charge on any atom is -1.00 e. The SMILES string of the molecule is C/C([N-]c1c(C(C)C)cccc1C(C)C)=C(\C)[N-]c1c(C(C)C)cccc1C(C)C.[Cl-].[Cl-].[Cl-].[Nb+5]. The summed E-state index contributed by atoms with van der Waals surface area (Å²) < 4.78 is 0. The smallest absolute Gasteiger partial charge is 1.00 e. The quantitative estimate of drug-likeness (QED) is 0.406. The van der Waals surface area contributed by atoms with Crippen LogP contribution in [0.3, 0.4) is 0 Å². The Bertz CT molecular complexity index is 781. The summed E-state index contributed by atoms with van der Waals surface area (Å²) in [6.45, 7) is 22.1. The molecule has 0 atom stereocenters. The van der Waals surface area contributed by atoms with E-state index in [1.54, 1.807) is 0 Å². The Balaban J connectivity index is -0.00000240. The molecule has 2 aromatic rings. The van der Waals surface area contributed by atoms with E-state index in [4.69, 9.17) is 10.6 Å². The minimum atomic E-state index is 0. The molecular weight excluding hydrogens is 564 g/mol. The summed E-state index contributed by atoms with van der Waals surface area (Å²) in [4.78, 5) is 0. The van der Waals surface area contributed by atoms with Crippen LogP contribution in [0.15, 0.2) is 47.8 Å². The normalized spacial score (nSPS) is 11.2. The molecule has 188 valence electrons. The number of hydrogen-bond acceptors (Lipinski definition) is 0. The topological polar surface area (TPSA) is 28.2 Å². The Kier molecular flexibility index (Phi) is 18.9. The molecule has 0 heterocycles. The van der Waals surface area contributed by atoms with Gasteiger partial charge in [-0.05, 0) is 23.7 Å². The summed E-state index contributed by atoms with van der Waals surface area (Å²) >= 11 is 0. The standard InChI is InChI=1S/C28H40N2.3ClH.Nb/c1-17(2)23-13-11-14-24(18(3)4)27(23)29-21(9)22(10)30-28-25(19(5)6)15-12-16-26(28)20(7)8;;;;/h11-20H,1-10H3;3*1H;/q-2;;;;+5/p-3/b22-21-;;;;. The van der Waals surface area contributed by atoms with Crippen molar-refractivity contribution >= 4 is 11.4 Å². The van der Waals surface area contributed by atoms with Gasteiger partial charge in [-0.1, -0.05) is 128 Å². The van der Waals surface area contributed by atoms with Crippen molar-refractivity contribution in [2.75, 3.05) is 0 Å². The van der Waals surface area contributed by atoms with E-state index in [0.29, 0.717) is 23.7 Å². The third-order valence-corrected chi connectivity index (χ3v) is 5.77. The van der Waals surface area contributed by atoms with Crippen LogP contribution < -0.4 is 37.2 Å². The molecule has 0 unspecified atom stereocenters. The van der Waals surface area contributed by atoms with Gasteiger partial charge in [-0.15, -0.1) is 11.4 Å². The fourth-order valence-corrected chi connectivity index (χ4v) is 3.78. The summed E-state index contributed by atoms with van der Waals surface area (Å²) in [7, 11) is 0. The Morgan fingerprint density at radius 1 is 0.500 bits per heavy atom. The van der Waals surface area contributed by atoms with Crippen LogP contribution in [0.4, 0.5) is 11.4 Å². The largest absolute Gasteiger partial charge is 5.00 e. The van der Waals surface area contributed by atoms with Crippen molar-refractivity contribution in [3.05, 3.63) is 80.7 Å². The Hall–Kier alpha value is -0.610. The van der Waals surface area contributed by atoms with Gasteiger partial charge in [0.15, 0.2) is 0 Å². The molecule has 0 spiro atoms. The molecular formula is C28H40Cl3N2Nb. The number of benzene rings is 2. The van der Waals surface area contributed by atoms with E-state index in [0.717, 1.165) is 22.8 Å². The molecule has 2 aromatic carbocycles. The molecule has 0 aliphatic heterocycles. The van der Waals surface area contributed by atoms with Gasteiger partial charge in [-0.2, -0.15) is 11.4 Å². The molecule has 34 heavy (non-hydrogen) atoms. The molecule has 0 saturated carbocycles. The van der Waals surface area contributed by atoms with E-state index in [9.17, 15) is 0 Å². The van der Waals surface area contributed by atoms with Gasteiger partial charge < -0.3 is 47.9 Å². The summed E-state index contributed by atoms with van der Waals surface area (Å²) in [5.74, 6) is 1.73. The van der Waals surface area contributed by atoms with E-state index < -0.39 is 0 Å². The van der Waals surface area contributed by atoms with Crippen molar-refractivity contribution in [1.29, 1.82) is 0 Å². The molecule has 2 nitrogen and oxygen atoms in total. The van der Waals surface area contributed by atoms with Gasteiger partial charge in [-0.25, -0.2) is 0 Å². The molecule has 6 heteroatoms. The molecule has 0 aliphatic rings. The molecule has 0 aromatic heterocycles. The fourth-order valence-electron chi connectivity index (χ4n) is 3.78. The number of halogens is 3. The van der Waals surface area contributed by atoms with Gasteiger partial charge >= 0.3 is 22.4 Å². The van der Waals surface area contributed by atoms with Gasteiger partial charge in [0.2, 0.25) is 0 Å². The Morgan fingerprint density at radius 3 is 0.882 bits per heavy atom. The maximum Gasteiger partial charge on any atom is 5.00 e. The number of para-hydroxylation sites is 2.